The molecule has 0 aromatic heterocycles. The molecule has 2 aliphatic rings. The maximum Gasteiger partial charge on any atom is 0.181 e. The zero-order chi connectivity index (χ0) is 14.7. The first kappa shape index (κ1) is 15.0. The summed E-state index contributed by atoms with van der Waals surface area (Å²) in [6, 6.07) is 7.68. The maximum absolute atomic E-state index is 12.5. The van der Waals surface area contributed by atoms with Gasteiger partial charge in [-0.3, -0.25) is 0 Å². The molecule has 1 aliphatic heterocycles. The second-order valence-electron chi connectivity index (χ2n) is 6.49. The molecule has 1 aromatic rings. The van der Waals surface area contributed by atoms with Crippen LogP contribution < -0.4 is 5.32 Å². The van der Waals surface area contributed by atoms with Crippen molar-refractivity contribution in [1.82, 2.24) is 5.32 Å². The Morgan fingerprint density at radius 1 is 0.952 bits per heavy atom. The lowest BCUT2D eigenvalue weighted by molar-refractivity contribution is 0.372. The average molecular weight is 307 g/mol. The van der Waals surface area contributed by atoms with Crippen LogP contribution in [0.15, 0.2) is 29.2 Å². The van der Waals surface area contributed by atoms with Crippen molar-refractivity contribution >= 4 is 9.84 Å². The molecule has 3 rings (SSSR count). The Hall–Kier alpha value is -0.870. The van der Waals surface area contributed by atoms with Gasteiger partial charge in [-0.1, -0.05) is 25.0 Å². The predicted molar refractivity (Wildman–Crippen MR) is 85.2 cm³/mol. The molecule has 1 aliphatic carbocycles. The van der Waals surface area contributed by atoms with E-state index in [0.29, 0.717) is 4.90 Å². The number of nitrogens with one attached hydrogen (secondary N) is 1. The zero-order valence-corrected chi connectivity index (χ0v) is 13.4. The van der Waals surface area contributed by atoms with Crippen LogP contribution in [0.2, 0.25) is 0 Å². The van der Waals surface area contributed by atoms with Crippen LogP contribution >= 0.6 is 0 Å². The molecule has 1 saturated carbocycles. The molecule has 0 bridgehead atoms. The molecule has 1 N–H and O–H groups in total. The zero-order valence-electron chi connectivity index (χ0n) is 12.6. The first-order chi connectivity index (χ1) is 10.2. The molecular formula is C17H25NO2S. The van der Waals surface area contributed by atoms with E-state index < -0.39 is 9.84 Å². The first-order valence-corrected chi connectivity index (χ1v) is 9.74. The highest BCUT2D eigenvalue weighted by atomic mass is 32.2. The lowest BCUT2D eigenvalue weighted by Crippen LogP contribution is -2.28. The first-order valence-electron chi connectivity index (χ1n) is 8.20. The second-order valence-corrected chi connectivity index (χ2v) is 8.72. The maximum atomic E-state index is 12.5. The van der Waals surface area contributed by atoms with Crippen molar-refractivity contribution in [1.29, 1.82) is 0 Å². The molecule has 0 unspecified atom stereocenters. The van der Waals surface area contributed by atoms with Gasteiger partial charge in [0.2, 0.25) is 0 Å². The normalized spacial score (nSPS) is 21.7. The summed E-state index contributed by atoms with van der Waals surface area (Å²) in [6.07, 6.45) is 7.30. The number of piperidine rings is 1. The monoisotopic (exact) mass is 307 g/mol. The Balaban J connectivity index is 1.68. The minimum Gasteiger partial charge on any atom is -0.317 e. The molecule has 2 fully saturated rings. The van der Waals surface area contributed by atoms with E-state index in [9.17, 15) is 8.42 Å². The van der Waals surface area contributed by atoms with Crippen molar-refractivity contribution < 1.29 is 8.42 Å². The standard InChI is InChI=1S/C17H25NO2S/c19-21(20,16-3-1-2-4-16)17-7-5-14(6-8-17)13-15-9-11-18-12-10-15/h5-8,15-16,18H,1-4,9-13H2. The Kier molecular flexibility index (Phi) is 4.65. The molecule has 0 spiro atoms. The second kappa shape index (κ2) is 6.49. The lowest BCUT2D eigenvalue weighted by atomic mass is 9.91. The third-order valence-electron chi connectivity index (χ3n) is 4.98. The van der Waals surface area contributed by atoms with Crippen LogP contribution in [0.25, 0.3) is 0 Å². The molecular weight excluding hydrogens is 282 g/mol. The van der Waals surface area contributed by atoms with E-state index in [0.717, 1.165) is 51.1 Å². The van der Waals surface area contributed by atoms with Crippen LogP contribution in [-0.2, 0) is 16.3 Å². The fraction of sp³-hybridized carbons (Fsp3) is 0.647. The highest BCUT2D eigenvalue weighted by Gasteiger charge is 2.30. The van der Waals surface area contributed by atoms with Crippen molar-refractivity contribution in [2.24, 2.45) is 5.92 Å². The largest absolute Gasteiger partial charge is 0.317 e. The third kappa shape index (κ3) is 3.49. The highest BCUT2D eigenvalue weighted by molar-refractivity contribution is 7.92. The Labute approximate surface area is 128 Å². The van der Waals surface area contributed by atoms with Crippen LogP contribution in [0.1, 0.15) is 44.1 Å². The Morgan fingerprint density at radius 2 is 1.57 bits per heavy atom. The third-order valence-corrected chi connectivity index (χ3v) is 7.25. The van der Waals surface area contributed by atoms with Gasteiger partial charge in [0.25, 0.3) is 0 Å². The predicted octanol–water partition coefficient (Wildman–Crippen LogP) is 2.95. The van der Waals surface area contributed by atoms with E-state index in [-0.39, 0.29) is 5.25 Å². The van der Waals surface area contributed by atoms with Gasteiger partial charge in [0.15, 0.2) is 9.84 Å². The summed E-state index contributed by atoms with van der Waals surface area (Å²) in [5, 5.41) is 3.24. The van der Waals surface area contributed by atoms with Crippen molar-refractivity contribution in [2.45, 2.75) is 55.1 Å². The summed E-state index contributed by atoms with van der Waals surface area (Å²) in [6.45, 7) is 2.22. The molecule has 1 aromatic carbocycles. The Bertz CT molecular complexity index is 553. The summed E-state index contributed by atoms with van der Waals surface area (Å²) in [7, 11) is -3.10. The molecule has 3 nitrogen and oxygen atoms in total. The quantitative estimate of drug-likeness (QED) is 0.930. The lowest BCUT2D eigenvalue weighted by Gasteiger charge is -2.22. The van der Waals surface area contributed by atoms with Gasteiger partial charge in [0, 0.05) is 0 Å². The topological polar surface area (TPSA) is 46.2 Å². The van der Waals surface area contributed by atoms with E-state index >= 15 is 0 Å². The molecule has 0 radical (unpaired) electrons. The number of sulfone groups is 1. The van der Waals surface area contributed by atoms with Crippen LogP contribution in [0.3, 0.4) is 0 Å². The fourth-order valence-corrected chi connectivity index (χ4v) is 5.48. The van der Waals surface area contributed by atoms with Gasteiger partial charge in [-0.05, 0) is 68.8 Å². The van der Waals surface area contributed by atoms with Crippen molar-refractivity contribution in [3.05, 3.63) is 29.8 Å². The van der Waals surface area contributed by atoms with E-state index in [1.807, 2.05) is 24.3 Å². The average Bonchev–Trinajstić information content (AvgIpc) is 3.04. The molecule has 0 amide bonds. The van der Waals surface area contributed by atoms with Gasteiger partial charge in [-0.25, -0.2) is 8.42 Å². The molecule has 1 saturated heterocycles. The minimum absolute atomic E-state index is 0.146. The molecule has 0 atom stereocenters. The van der Waals surface area contributed by atoms with Crippen LogP contribution in [0.5, 0.6) is 0 Å². The van der Waals surface area contributed by atoms with E-state index in [2.05, 4.69) is 5.32 Å². The molecule has 4 heteroatoms. The highest BCUT2D eigenvalue weighted by Crippen LogP contribution is 2.30. The van der Waals surface area contributed by atoms with Gasteiger partial charge >= 0.3 is 0 Å². The van der Waals surface area contributed by atoms with Crippen molar-refractivity contribution in [2.75, 3.05) is 13.1 Å². The van der Waals surface area contributed by atoms with Crippen LogP contribution in [0.4, 0.5) is 0 Å². The van der Waals surface area contributed by atoms with Crippen LogP contribution in [-0.4, -0.2) is 26.8 Å². The SMILES string of the molecule is O=S(=O)(c1ccc(CC2CCNCC2)cc1)C1CCCC1. The summed E-state index contributed by atoms with van der Waals surface area (Å²) in [5.74, 6) is 0.739. The van der Waals surface area contributed by atoms with Gasteiger partial charge in [-0.15, -0.1) is 0 Å². The smallest absolute Gasteiger partial charge is 0.181 e. The summed E-state index contributed by atoms with van der Waals surface area (Å²) in [4.78, 5) is 0.517. The van der Waals surface area contributed by atoms with Crippen molar-refractivity contribution in [3.63, 3.8) is 0 Å². The number of rotatable bonds is 4. The van der Waals surface area contributed by atoms with Crippen molar-refractivity contribution in [3.8, 4) is 0 Å². The summed E-state index contributed by atoms with van der Waals surface area (Å²) >= 11 is 0. The van der Waals surface area contributed by atoms with Gasteiger partial charge in [0.05, 0.1) is 10.1 Å². The van der Waals surface area contributed by atoms with Gasteiger partial charge in [-0.2, -0.15) is 0 Å². The fourth-order valence-electron chi connectivity index (χ4n) is 3.63. The molecule has 1 heterocycles. The van der Waals surface area contributed by atoms with E-state index in [1.165, 1.54) is 18.4 Å². The number of benzene rings is 1. The Morgan fingerprint density at radius 3 is 2.19 bits per heavy atom. The van der Waals surface area contributed by atoms with E-state index in [4.69, 9.17) is 0 Å². The van der Waals surface area contributed by atoms with Gasteiger partial charge in [0.1, 0.15) is 0 Å². The number of hydrogen-bond acceptors (Lipinski definition) is 3. The molecule has 116 valence electrons. The van der Waals surface area contributed by atoms with Gasteiger partial charge < -0.3 is 5.32 Å². The summed E-state index contributed by atoms with van der Waals surface area (Å²) < 4.78 is 25.1. The molecule has 21 heavy (non-hydrogen) atoms. The summed E-state index contributed by atoms with van der Waals surface area (Å²) in [5.41, 5.74) is 1.27. The minimum atomic E-state index is -3.10. The number of hydrogen-bond donors (Lipinski definition) is 1. The van der Waals surface area contributed by atoms with E-state index in [1.54, 1.807) is 0 Å². The van der Waals surface area contributed by atoms with Crippen LogP contribution in [0, 0.1) is 5.92 Å².